The van der Waals surface area contributed by atoms with Crippen LogP contribution in [0.2, 0.25) is 0 Å². The van der Waals surface area contributed by atoms with E-state index in [2.05, 4.69) is 30.2 Å². The molecule has 0 saturated heterocycles. The van der Waals surface area contributed by atoms with Crippen molar-refractivity contribution in [3.63, 3.8) is 0 Å². The first-order chi connectivity index (χ1) is 6.59. The van der Waals surface area contributed by atoms with Crippen LogP contribution in [0, 0.1) is 6.92 Å². The Morgan fingerprint density at radius 2 is 2.00 bits per heavy atom. The molecular weight excluding hydrogens is 174 g/mol. The Morgan fingerprint density at radius 3 is 2.64 bits per heavy atom. The van der Waals surface area contributed by atoms with Crippen LogP contribution in [0.1, 0.15) is 5.56 Å². The Labute approximate surface area is 83.9 Å². The first-order valence-corrected chi connectivity index (χ1v) is 4.70. The van der Waals surface area contributed by atoms with Crippen LogP contribution in [0.25, 0.3) is 10.9 Å². The lowest BCUT2D eigenvalue weighted by Gasteiger charge is -2.07. The molecule has 74 valence electrons. The zero-order valence-corrected chi connectivity index (χ0v) is 9.07. The van der Waals surface area contributed by atoms with E-state index in [9.17, 15) is 0 Å². The van der Waals surface area contributed by atoms with Gasteiger partial charge in [-0.1, -0.05) is 6.07 Å². The minimum atomic E-state index is 1.03. The van der Waals surface area contributed by atoms with Crippen molar-refractivity contribution in [1.82, 2.24) is 9.78 Å². The molecule has 0 aliphatic rings. The fourth-order valence-corrected chi connectivity index (χ4v) is 1.68. The first-order valence-electron chi connectivity index (χ1n) is 4.70. The van der Waals surface area contributed by atoms with Gasteiger partial charge in [0.15, 0.2) is 5.82 Å². The molecule has 2 aromatic rings. The largest absolute Gasteiger partial charge is 0.361 e. The van der Waals surface area contributed by atoms with Gasteiger partial charge in [-0.25, -0.2) is 0 Å². The van der Waals surface area contributed by atoms with E-state index in [1.165, 1.54) is 16.5 Å². The maximum absolute atomic E-state index is 4.47. The number of anilines is 1. The molecule has 0 fully saturated rings. The van der Waals surface area contributed by atoms with Gasteiger partial charge in [0.05, 0.1) is 5.52 Å². The SMILES string of the molecule is Cc1ccc2c(N(C)C)nn(C)c2c1. The van der Waals surface area contributed by atoms with Crippen LogP contribution in [-0.4, -0.2) is 23.9 Å². The molecule has 14 heavy (non-hydrogen) atoms. The number of benzene rings is 1. The number of aryl methyl sites for hydroxylation is 2. The van der Waals surface area contributed by atoms with E-state index >= 15 is 0 Å². The van der Waals surface area contributed by atoms with Crippen LogP contribution in [0.15, 0.2) is 18.2 Å². The van der Waals surface area contributed by atoms with E-state index in [0.29, 0.717) is 0 Å². The lowest BCUT2D eigenvalue weighted by molar-refractivity contribution is 0.789. The first kappa shape index (κ1) is 9.06. The summed E-state index contributed by atoms with van der Waals surface area (Å²) in [6, 6.07) is 6.42. The Morgan fingerprint density at radius 1 is 1.29 bits per heavy atom. The van der Waals surface area contributed by atoms with Crippen molar-refractivity contribution in [1.29, 1.82) is 0 Å². The van der Waals surface area contributed by atoms with E-state index in [-0.39, 0.29) is 0 Å². The second-order valence-corrected chi connectivity index (χ2v) is 3.86. The van der Waals surface area contributed by atoms with Crippen molar-refractivity contribution in [2.24, 2.45) is 7.05 Å². The van der Waals surface area contributed by atoms with Crippen LogP contribution in [0.5, 0.6) is 0 Å². The van der Waals surface area contributed by atoms with Gasteiger partial charge < -0.3 is 4.90 Å². The number of nitrogens with zero attached hydrogens (tertiary/aromatic N) is 3. The van der Waals surface area contributed by atoms with Crippen molar-refractivity contribution in [2.45, 2.75) is 6.92 Å². The van der Waals surface area contributed by atoms with E-state index in [1.54, 1.807) is 0 Å². The topological polar surface area (TPSA) is 21.1 Å². The van der Waals surface area contributed by atoms with E-state index in [1.807, 2.05) is 30.7 Å². The van der Waals surface area contributed by atoms with E-state index < -0.39 is 0 Å². The van der Waals surface area contributed by atoms with Gasteiger partial charge in [-0.05, 0) is 24.6 Å². The summed E-state index contributed by atoms with van der Waals surface area (Å²) in [7, 11) is 6.01. The molecule has 0 N–H and O–H groups in total. The summed E-state index contributed by atoms with van der Waals surface area (Å²) in [4.78, 5) is 2.04. The molecule has 0 atom stereocenters. The fourth-order valence-electron chi connectivity index (χ4n) is 1.68. The molecule has 1 aromatic heterocycles. The molecule has 0 aliphatic heterocycles. The molecule has 1 aromatic carbocycles. The predicted octanol–water partition coefficient (Wildman–Crippen LogP) is 1.95. The average Bonchev–Trinajstić information content (AvgIpc) is 2.44. The fraction of sp³-hybridized carbons (Fsp3) is 0.364. The summed E-state index contributed by atoms with van der Waals surface area (Å²) in [5.74, 6) is 1.03. The molecular formula is C11H15N3. The molecule has 0 radical (unpaired) electrons. The van der Waals surface area contributed by atoms with Gasteiger partial charge in [0.25, 0.3) is 0 Å². The maximum Gasteiger partial charge on any atom is 0.158 e. The van der Waals surface area contributed by atoms with Crippen LogP contribution in [-0.2, 0) is 7.05 Å². The third-order valence-corrected chi connectivity index (χ3v) is 2.41. The molecule has 3 heteroatoms. The van der Waals surface area contributed by atoms with E-state index in [0.717, 1.165) is 5.82 Å². The lowest BCUT2D eigenvalue weighted by atomic mass is 10.2. The quantitative estimate of drug-likeness (QED) is 0.683. The molecule has 0 spiro atoms. The molecule has 0 unspecified atom stereocenters. The third-order valence-electron chi connectivity index (χ3n) is 2.41. The van der Waals surface area contributed by atoms with Crippen molar-refractivity contribution in [2.75, 3.05) is 19.0 Å². The predicted molar refractivity (Wildman–Crippen MR) is 59.8 cm³/mol. The van der Waals surface area contributed by atoms with Crippen LogP contribution >= 0.6 is 0 Å². The second kappa shape index (κ2) is 3.01. The number of rotatable bonds is 1. The number of hydrogen-bond donors (Lipinski definition) is 0. The Hall–Kier alpha value is -1.51. The van der Waals surface area contributed by atoms with Crippen molar-refractivity contribution in [3.05, 3.63) is 23.8 Å². The van der Waals surface area contributed by atoms with Gasteiger partial charge >= 0.3 is 0 Å². The number of hydrogen-bond acceptors (Lipinski definition) is 2. The molecule has 3 nitrogen and oxygen atoms in total. The smallest absolute Gasteiger partial charge is 0.158 e. The van der Waals surface area contributed by atoms with Gasteiger partial charge in [0.2, 0.25) is 0 Å². The molecule has 1 heterocycles. The van der Waals surface area contributed by atoms with Crippen LogP contribution in [0.3, 0.4) is 0 Å². The van der Waals surface area contributed by atoms with Crippen molar-refractivity contribution < 1.29 is 0 Å². The lowest BCUT2D eigenvalue weighted by Crippen LogP contribution is -2.09. The Kier molecular flexibility index (Phi) is 1.95. The molecule has 0 aliphatic carbocycles. The zero-order valence-electron chi connectivity index (χ0n) is 9.07. The van der Waals surface area contributed by atoms with Crippen LogP contribution < -0.4 is 4.90 Å². The molecule has 2 rings (SSSR count). The summed E-state index contributed by atoms with van der Waals surface area (Å²) in [6.07, 6.45) is 0. The van der Waals surface area contributed by atoms with Crippen LogP contribution in [0.4, 0.5) is 5.82 Å². The Balaban J connectivity index is 2.77. The Bertz CT molecular complexity index is 469. The molecule has 0 saturated carbocycles. The van der Waals surface area contributed by atoms with Crippen molar-refractivity contribution >= 4 is 16.7 Å². The highest BCUT2D eigenvalue weighted by atomic mass is 15.3. The summed E-state index contributed by atoms with van der Waals surface area (Å²) >= 11 is 0. The number of aromatic nitrogens is 2. The van der Waals surface area contributed by atoms with Gasteiger partial charge in [0.1, 0.15) is 0 Å². The molecule has 0 amide bonds. The summed E-state index contributed by atoms with van der Waals surface area (Å²) < 4.78 is 1.93. The second-order valence-electron chi connectivity index (χ2n) is 3.86. The standard InChI is InChI=1S/C11H15N3/c1-8-5-6-9-10(7-8)14(4)12-11(9)13(2)3/h5-7H,1-4H3. The summed E-state index contributed by atoms with van der Waals surface area (Å²) in [5.41, 5.74) is 2.46. The highest BCUT2D eigenvalue weighted by Gasteiger charge is 2.09. The highest BCUT2D eigenvalue weighted by molar-refractivity contribution is 5.90. The normalized spacial score (nSPS) is 10.9. The minimum Gasteiger partial charge on any atom is -0.361 e. The minimum absolute atomic E-state index is 1.03. The average molecular weight is 189 g/mol. The van der Waals surface area contributed by atoms with E-state index in [4.69, 9.17) is 0 Å². The third kappa shape index (κ3) is 1.25. The summed E-state index contributed by atoms with van der Waals surface area (Å²) in [6.45, 7) is 2.10. The molecule has 0 bridgehead atoms. The maximum atomic E-state index is 4.47. The van der Waals surface area contributed by atoms with Crippen molar-refractivity contribution in [3.8, 4) is 0 Å². The number of fused-ring (bicyclic) bond motifs is 1. The zero-order chi connectivity index (χ0) is 10.3. The van der Waals surface area contributed by atoms with Gasteiger partial charge in [-0.2, -0.15) is 5.10 Å². The van der Waals surface area contributed by atoms with Gasteiger partial charge in [-0.3, -0.25) is 4.68 Å². The highest BCUT2D eigenvalue weighted by Crippen LogP contribution is 2.24. The van der Waals surface area contributed by atoms with Gasteiger partial charge in [0, 0.05) is 26.5 Å². The summed E-state index contributed by atoms with van der Waals surface area (Å²) in [5, 5.41) is 5.68. The van der Waals surface area contributed by atoms with Gasteiger partial charge in [-0.15, -0.1) is 0 Å². The monoisotopic (exact) mass is 189 g/mol.